The fourth-order valence-corrected chi connectivity index (χ4v) is 3.35. The van der Waals surface area contributed by atoms with Crippen LogP contribution in [0.3, 0.4) is 0 Å². The van der Waals surface area contributed by atoms with Gasteiger partial charge >= 0.3 is 0 Å². The van der Waals surface area contributed by atoms with E-state index in [9.17, 15) is 13.2 Å². The van der Waals surface area contributed by atoms with E-state index in [-0.39, 0.29) is 5.91 Å². The second kappa shape index (κ2) is 6.00. The number of carbonyl (C=O) groups excluding carboxylic acids is 1. The monoisotopic (exact) mass is 334 g/mol. The van der Waals surface area contributed by atoms with E-state index in [1.807, 2.05) is 6.92 Å². The highest BCUT2D eigenvalue weighted by Gasteiger charge is 2.36. The van der Waals surface area contributed by atoms with Crippen LogP contribution in [0.25, 0.3) is 0 Å². The van der Waals surface area contributed by atoms with Crippen LogP contribution in [0.1, 0.15) is 31.2 Å². The zero-order valence-electron chi connectivity index (χ0n) is 13.4. The summed E-state index contributed by atoms with van der Waals surface area (Å²) in [5.74, 6) is 0.986. The number of sulfonamides is 1. The van der Waals surface area contributed by atoms with Crippen molar-refractivity contribution in [1.29, 1.82) is 0 Å². The summed E-state index contributed by atoms with van der Waals surface area (Å²) >= 11 is 0. The van der Waals surface area contributed by atoms with Crippen LogP contribution >= 0.6 is 0 Å². The molecule has 1 aromatic carbocycles. The van der Waals surface area contributed by atoms with Crippen molar-refractivity contribution in [2.75, 3.05) is 16.3 Å². The smallest absolute Gasteiger partial charge is 0.248 e. The number of aryl methyl sites for hydroxylation is 1. The molecule has 2 N–H and O–H groups in total. The summed E-state index contributed by atoms with van der Waals surface area (Å²) < 4.78 is 25.4. The minimum Gasteiger partial charge on any atom is -0.321 e. The van der Waals surface area contributed by atoms with Gasteiger partial charge in [-0.25, -0.2) is 8.42 Å². The molecule has 124 valence electrons. The van der Waals surface area contributed by atoms with Crippen molar-refractivity contribution in [3.05, 3.63) is 35.4 Å². The van der Waals surface area contributed by atoms with Gasteiger partial charge in [-0.1, -0.05) is 11.6 Å². The van der Waals surface area contributed by atoms with Gasteiger partial charge in [0, 0.05) is 6.08 Å². The molecule has 2 aliphatic rings. The van der Waals surface area contributed by atoms with Crippen molar-refractivity contribution < 1.29 is 13.2 Å². The molecule has 0 aromatic heterocycles. The van der Waals surface area contributed by atoms with Crippen molar-refractivity contribution in [2.24, 2.45) is 11.8 Å². The zero-order valence-corrected chi connectivity index (χ0v) is 14.2. The molecule has 0 aliphatic heterocycles. The summed E-state index contributed by atoms with van der Waals surface area (Å²) in [7, 11) is -3.39. The highest BCUT2D eigenvalue weighted by Crippen LogP contribution is 2.48. The molecule has 0 bridgehead atoms. The van der Waals surface area contributed by atoms with E-state index in [2.05, 4.69) is 10.0 Å². The molecular weight excluding hydrogens is 312 g/mol. The Hall–Kier alpha value is -1.82. The SMILES string of the molecule is Cc1ccc(NS(C)(=O)=O)c(NC(=O)C=C(C2CC2)C2CC2)c1. The Morgan fingerprint density at radius 2 is 1.74 bits per heavy atom. The van der Waals surface area contributed by atoms with E-state index in [4.69, 9.17) is 0 Å². The number of anilines is 2. The predicted molar refractivity (Wildman–Crippen MR) is 91.8 cm³/mol. The Morgan fingerprint density at radius 3 is 2.26 bits per heavy atom. The van der Waals surface area contributed by atoms with Gasteiger partial charge in [0.2, 0.25) is 15.9 Å². The fraction of sp³-hybridized carbons (Fsp3) is 0.471. The van der Waals surface area contributed by atoms with Crippen LogP contribution in [0.4, 0.5) is 11.4 Å². The first kappa shape index (κ1) is 16.1. The lowest BCUT2D eigenvalue weighted by Crippen LogP contribution is -2.15. The minimum atomic E-state index is -3.39. The van der Waals surface area contributed by atoms with Crippen LogP contribution in [-0.2, 0) is 14.8 Å². The highest BCUT2D eigenvalue weighted by atomic mass is 32.2. The molecule has 6 heteroatoms. The molecule has 0 spiro atoms. The average Bonchev–Trinajstić information content (AvgIpc) is 3.32. The van der Waals surface area contributed by atoms with Gasteiger partial charge in [0.05, 0.1) is 17.6 Å². The fourth-order valence-electron chi connectivity index (χ4n) is 2.77. The first-order valence-corrected chi connectivity index (χ1v) is 9.82. The molecule has 2 fully saturated rings. The number of hydrogen-bond donors (Lipinski definition) is 2. The molecule has 3 rings (SSSR count). The van der Waals surface area contributed by atoms with Crippen LogP contribution < -0.4 is 10.0 Å². The molecule has 2 saturated carbocycles. The van der Waals surface area contributed by atoms with Crippen LogP contribution in [0.15, 0.2) is 29.8 Å². The van der Waals surface area contributed by atoms with E-state index in [0.717, 1.165) is 11.8 Å². The number of benzene rings is 1. The van der Waals surface area contributed by atoms with Gasteiger partial charge in [0.1, 0.15) is 0 Å². The van der Waals surface area contributed by atoms with Gasteiger partial charge in [-0.3, -0.25) is 9.52 Å². The Morgan fingerprint density at radius 1 is 1.13 bits per heavy atom. The maximum absolute atomic E-state index is 12.4. The molecule has 1 amide bonds. The third-order valence-electron chi connectivity index (χ3n) is 4.12. The number of allylic oxidation sites excluding steroid dienone is 1. The van der Waals surface area contributed by atoms with Gasteiger partial charge in [-0.15, -0.1) is 0 Å². The summed E-state index contributed by atoms with van der Waals surface area (Å²) in [6, 6.07) is 5.24. The van der Waals surface area contributed by atoms with Crippen molar-refractivity contribution >= 4 is 27.3 Å². The van der Waals surface area contributed by atoms with Crippen molar-refractivity contribution in [1.82, 2.24) is 0 Å². The first-order chi connectivity index (χ1) is 10.8. The van der Waals surface area contributed by atoms with Gasteiger partial charge < -0.3 is 5.32 Å². The molecular formula is C17H22N2O3S. The molecule has 0 unspecified atom stereocenters. The van der Waals surface area contributed by atoms with Gasteiger partial charge in [0.15, 0.2) is 0 Å². The summed E-state index contributed by atoms with van der Waals surface area (Å²) in [6.45, 7) is 1.90. The van der Waals surface area contributed by atoms with Gasteiger partial charge in [-0.2, -0.15) is 0 Å². The molecule has 0 saturated heterocycles. The standard InChI is InChI=1S/C17H22N2O3S/c1-11-3-8-15(19-23(2,21)22)16(9-11)18-17(20)10-14(12-4-5-12)13-6-7-13/h3,8-10,12-13,19H,4-7H2,1-2H3,(H,18,20). The van der Waals surface area contributed by atoms with Crippen LogP contribution in [0.5, 0.6) is 0 Å². The van der Waals surface area contributed by atoms with Crippen molar-refractivity contribution in [3.8, 4) is 0 Å². The Balaban J connectivity index is 1.79. The van der Waals surface area contributed by atoms with E-state index in [1.165, 1.54) is 31.3 Å². The van der Waals surface area contributed by atoms with E-state index >= 15 is 0 Å². The molecule has 0 heterocycles. The maximum Gasteiger partial charge on any atom is 0.248 e. The molecule has 1 aromatic rings. The lowest BCUT2D eigenvalue weighted by Gasteiger charge is -2.12. The Kier molecular flexibility index (Phi) is 4.19. The number of nitrogens with one attached hydrogen (secondary N) is 2. The zero-order chi connectivity index (χ0) is 16.6. The summed E-state index contributed by atoms with van der Waals surface area (Å²) in [4.78, 5) is 12.4. The molecule has 2 aliphatic carbocycles. The number of rotatable bonds is 6. The Labute approximate surface area is 137 Å². The summed E-state index contributed by atoms with van der Waals surface area (Å²) in [5, 5.41) is 2.83. The Bertz CT molecular complexity index is 746. The molecule has 5 nitrogen and oxygen atoms in total. The number of amides is 1. The first-order valence-electron chi connectivity index (χ1n) is 7.93. The second-order valence-corrected chi connectivity index (χ2v) is 8.35. The van der Waals surface area contributed by atoms with Crippen molar-refractivity contribution in [2.45, 2.75) is 32.6 Å². The van der Waals surface area contributed by atoms with E-state index in [0.29, 0.717) is 23.2 Å². The molecule has 23 heavy (non-hydrogen) atoms. The largest absolute Gasteiger partial charge is 0.321 e. The lowest BCUT2D eigenvalue weighted by molar-refractivity contribution is -0.112. The third-order valence-corrected chi connectivity index (χ3v) is 4.71. The van der Waals surface area contributed by atoms with Gasteiger partial charge in [-0.05, 0) is 62.1 Å². The van der Waals surface area contributed by atoms with E-state index in [1.54, 1.807) is 24.3 Å². The topological polar surface area (TPSA) is 75.3 Å². The normalized spacial score (nSPS) is 17.5. The summed E-state index contributed by atoms with van der Waals surface area (Å²) in [6.07, 6.45) is 7.54. The highest BCUT2D eigenvalue weighted by molar-refractivity contribution is 7.92. The minimum absolute atomic E-state index is 0.180. The van der Waals surface area contributed by atoms with Crippen LogP contribution in [0.2, 0.25) is 0 Å². The number of hydrogen-bond acceptors (Lipinski definition) is 3. The third kappa shape index (κ3) is 4.58. The van der Waals surface area contributed by atoms with Gasteiger partial charge in [0.25, 0.3) is 0 Å². The molecule has 0 atom stereocenters. The predicted octanol–water partition coefficient (Wildman–Crippen LogP) is 3.05. The van der Waals surface area contributed by atoms with E-state index < -0.39 is 10.0 Å². The molecule has 0 radical (unpaired) electrons. The lowest BCUT2D eigenvalue weighted by atomic mass is 10.1. The second-order valence-electron chi connectivity index (χ2n) is 6.61. The maximum atomic E-state index is 12.4. The van der Waals surface area contributed by atoms with Crippen LogP contribution in [0, 0.1) is 18.8 Å². The summed E-state index contributed by atoms with van der Waals surface area (Å²) in [5.41, 5.74) is 3.10. The average molecular weight is 334 g/mol. The quantitative estimate of drug-likeness (QED) is 0.785. The number of carbonyl (C=O) groups is 1. The van der Waals surface area contributed by atoms with Crippen LogP contribution in [-0.4, -0.2) is 20.6 Å². The van der Waals surface area contributed by atoms with Crippen molar-refractivity contribution in [3.63, 3.8) is 0 Å².